The number of aromatic nitrogens is 2. The van der Waals surface area contributed by atoms with Crippen LogP contribution in [0.3, 0.4) is 0 Å². The van der Waals surface area contributed by atoms with Gasteiger partial charge in [0.2, 0.25) is 0 Å². The number of hydrogen-bond acceptors (Lipinski definition) is 3. The van der Waals surface area contributed by atoms with E-state index in [4.69, 9.17) is 5.41 Å². The number of rotatable bonds is 5. The number of fused-ring (bicyclic) bond motifs is 1. The van der Waals surface area contributed by atoms with Gasteiger partial charge in [0.25, 0.3) is 0 Å². The summed E-state index contributed by atoms with van der Waals surface area (Å²) >= 11 is 0. The van der Waals surface area contributed by atoms with Crippen LogP contribution in [-0.2, 0) is 0 Å². The van der Waals surface area contributed by atoms with Crippen LogP contribution in [0.2, 0.25) is 0 Å². The van der Waals surface area contributed by atoms with E-state index in [1.165, 1.54) is 94.8 Å². The van der Waals surface area contributed by atoms with Crippen LogP contribution in [0.4, 0.5) is 0 Å². The molecule has 60 heavy (non-hydrogen) atoms. The van der Waals surface area contributed by atoms with Crippen molar-refractivity contribution in [1.82, 2.24) is 9.97 Å². The van der Waals surface area contributed by atoms with Crippen LogP contribution in [0.15, 0.2) is 165 Å². The van der Waals surface area contributed by atoms with Crippen molar-refractivity contribution in [3.63, 3.8) is 0 Å². The normalized spacial score (nSPS) is 10.9. The van der Waals surface area contributed by atoms with Crippen LogP contribution in [0.25, 0.3) is 95.2 Å². The molecular weight excluding hydrogens is 727 g/mol. The Balaban J connectivity index is 0.000000260. The highest BCUT2D eigenvalue weighted by atomic mass is 14.6. The molecule has 9 aromatic rings. The van der Waals surface area contributed by atoms with Crippen LogP contribution >= 0.6 is 0 Å². The maximum atomic E-state index is 6.08. The predicted octanol–water partition coefficient (Wildman–Crippen LogP) is 15.0. The highest BCUT2D eigenvalue weighted by molar-refractivity contribution is 6.28. The van der Waals surface area contributed by atoms with Gasteiger partial charge >= 0.3 is 0 Å². The smallest absolute Gasteiger partial charge is 0.0346 e. The molecule has 2 heterocycles. The van der Waals surface area contributed by atoms with Gasteiger partial charge in [0.1, 0.15) is 0 Å². The van der Waals surface area contributed by atoms with E-state index >= 15 is 0 Å². The molecule has 2 aromatic heterocycles. The average Bonchev–Trinajstić information content (AvgIpc) is 3.30. The molecule has 9 rings (SSSR count). The van der Waals surface area contributed by atoms with Gasteiger partial charge in [0.15, 0.2) is 0 Å². The summed E-state index contributed by atoms with van der Waals surface area (Å²) in [7, 11) is 0. The Bertz CT molecular complexity index is 2950. The van der Waals surface area contributed by atoms with Crippen molar-refractivity contribution in [3.05, 3.63) is 186 Å². The second kappa shape index (κ2) is 21.7. The number of nitrogens with one attached hydrogen (secondary N) is 1. The minimum atomic E-state index is 1.08. The Morgan fingerprint density at radius 3 is 1.73 bits per heavy atom. The van der Waals surface area contributed by atoms with Gasteiger partial charge in [-0.3, -0.25) is 9.97 Å². The molecular formula is C57H57N3. The van der Waals surface area contributed by atoms with Crippen molar-refractivity contribution in [2.75, 3.05) is 0 Å². The van der Waals surface area contributed by atoms with E-state index in [1.54, 1.807) is 13.0 Å². The summed E-state index contributed by atoms with van der Waals surface area (Å²) in [5.41, 5.74) is 9.84. The van der Waals surface area contributed by atoms with E-state index in [2.05, 4.69) is 171 Å². The van der Waals surface area contributed by atoms with Crippen LogP contribution in [-0.4, -0.2) is 16.2 Å². The molecule has 0 saturated carbocycles. The van der Waals surface area contributed by atoms with Crippen LogP contribution < -0.4 is 10.4 Å². The molecule has 1 N–H and O–H groups in total. The molecule has 0 unspecified atom stereocenters. The Kier molecular flexibility index (Phi) is 16.0. The number of benzene rings is 7. The third-order valence-electron chi connectivity index (χ3n) is 10.2. The first-order chi connectivity index (χ1) is 29.4. The van der Waals surface area contributed by atoms with Gasteiger partial charge in [-0.25, -0.2) is 0 Å². The lowest BCUT2D eigenvalue weighted by Gasteiger charge is -2.17. The van der Waals surface area contributed by atoms with Crippen LogP contribution in [0, 0.1) is 12.3 Å². The van der Waals surface area contributed by atoms with Gasteiger partial charge < -0.3 is 5.41 Å². The Morgan fingerprint density at radius 1 is 0.583 bits per heavy atom. The second-order valence-electron chi connectivity index (χ2n) is 14.1. The number of pyridine rings is 2. The molecule has 0 fully saturated rings. The Hall–Kier alpha value is -6.97. The summed E-state index contributed by atoms with van der Waals surface area (Å²) in [5.74, 6) is 0. The molecule has 0 aliphatic rings. The van der Waals surface area contributed by atoms with Crippen LogP contribution in [0.5, 0.6) is 0 Å². The average molecular weight is 784 g/mol. The topological polar surface area (TPSA) is 49.6 Å². The molecule has 3 heteroatoms. The standard InChI is InChI=1S/C36H22N2.C14H16.C3H8.C2H5N.C2H6/c1-2-28-22-38-21-18-30(28)31(3-1)32-13-11-27-9-8-26-10-12-29(33-14-15-34(32)36(27)35(26)33)25-6-4-23(5-7-25)24-16-19-37-20-17-24;1-5-7-13-9-10-14(8-6-2)12(4)11(13)3;1-3-2;1-2-3;1-2/h1-22H;5-10H,1,3H2,2,4H3;3H2,1-2H3;2-3H,1H3;1-2H3/b;8-6-,13-7-;;;. The van der Waals surface area contributed by atoms with Gasteiger partial charge in [-0.05, 0) is 138 Å². The molecule has 0 radical (unpaired) electrons. The summed E-state index contributed by atoms with van der Waals surface area (Å²) in [6.07, 6.45) is 17.9. The van der Waals surface area contributed by atoms with Crippen molar-refractivity contribution in [1.29, 1.82) is 5.41 Å². The lowest BCUT2D eigenvalue weighted by Crippen LogP contribution is -2.26. The Morgan fingerprint density at radius 2 is 1.12 bits per heavy atom. The zero-order valence-corrected chi connectivity index (χ0v) is 36.3. The summed E-state index contributed by atoms with van der Waals surface area (Å²) < 4.78 is 0. The third-order valence-corrected chi connectivity index (χ3v) is 10.2. The fourth-order valence-corrected chi connectivity index (χ4v) is 7.47. The number of allylic oxidation sites excluding steroid dienone is 2. The van der Waals surface area contributed by atoms with Crippen molar-refractivity contribution in [3.8, 4) is 33.4 Å². The zero-order chi connectivity index (χ0) is 43.0. The molecule has 3 nitrogen and oxygen atoms in total. The number of nitrogens with zero attached hydrogens (tertiary/aromatic N) is 2. The number of hydrogen-bond donors (Lipinski definition) is 1. The highest BCUT2D eigenvalue weighted by Crippen LogP contribution is 2.43. The van der Waals surface area contributed by atoms with Crippen molar-refractivity contribution >= 4 is 68.0 Å². The molecule has 0 amide bonds. The van der Waals surface area contributed by atoms with Crippen molar-refractivity contribution in [2.45, 2.75) is 54.9 Å². The summed E-state index contributed by atoms with van der Waals surface area (Å²) in [6, 6.07) is 44.0. The zero-order valence-electron chi connectivity index (χ0n) is 36.3. The van der Waals surface area contributed by atoms with Gasteiger partial charge in [-0.1, -0.05) is 175 Å². The third kappa shape index (κ3) is 9.65. The lowest BCUT2D eigenvalue weighted by molar-refractivity contribution is 1.09. The molecule has 0 aliphatic carbocycles. The van der Waals surface area contributed by atoms with Gasteiger partial charge in [-0.15, -0.1) is 0 Å². The molecule has 0 bridgehead atoms. The van der Waals surface area contributed by atoms with Crippen LogP contribution in [0.1, 0.15) is 59.1 Å². The van der Waals surface area contributed by atoms with Gasteiger partial charge in [-0.2, -0.15) is 0 Å². The fraction of sp³-hybridized carbons (Fsp3) is 0.140. The fourth-order valence-electron chi connectivity index (χ4n) is 7.47. The Labute approximate surface area is 356 Å². The summed E-state index contributed by atoms with van der Waals surface area (Å²) in [4.78, 5) is 8.48. The second-order valence-corrected chi connectivity index (χ2v) is 14.1. The molecule has 0 saturated heterocycles. The summed E-state index contributed by atoms with van der Waals surface area (Å²) in [5, 5.41) is 18.5. The predicted molar refractivity (Wildman–Crippen MR) is 267 cm³/mol. The largest absolute Gasteiger partial charge is 0.313 e. The first-order valence-electron chi connectivity index (χ1n) is 20.9. The van der Waals surface area contributed by atoms with E-state index in [0.29, 0.717) is 0 Å². The quantitative estimate of drug-likeness (QED) is 0.140. The molecule has 300 valence electrons. The van der Waals surface area contributed by atoms with E-state index in [1.807, 2.05) is 57.7 Å². The monoisotopic (exact) mass is 783 g/mol. The highest BCUT2D eigenvalue weighted by Gasteiger charge is 2.16. The first kappa shape index (κ1) is 44.1. The van der Waals surface area contributed by atoms with Gasteiger partial charge in [0.05, 0.1) is 0 Å². The molecule has 0 aliphatic heterocycles. The summed E-state index contributed by atoms with van der Waals surface area (Å²) in [6.45, 7) is 21.8. The molecule has 0 atom stereocenters. The van der Waals surface area contributed by atoms with E-state index in [-0.39, 0.29) is 0 Å². The lowest BCUT2D eigenvalue weighted by atomic mass is 9.86. The maximum absolute atomic E-state index is 6.08. The minimum Gasteiger partial charge on any atom is -0.313 e. The first-order valence-corrected chi connectivity index (χ1v) is 20.9. The SMILES string of the molecule is C=C/C=c1/ccc(/C=C\C)c(C)c1=C.CC.CC=N.CCC.c1cc(-c2ccc3ccc4ccc(-c5ccc(-c6ccncc6)cc5)c5ccc2c3c45)c2ccncc2c1. The molecule has 7 aromatic carbocycles. The van der Waals surface area contributed by atoms with Crippen molar-refractivity contribution in [2.24, 2.45) is 0 Å². The van der Waals surface area contributed by atoms with E-state index in [0.717, 1.165) is 15.8 Å². The van der Waals surface area contributed by atoms with Gasteiger partial charge in [0, 0.05) is 30.2 Å². The minimum absolute atomic E-state index is 1.08. The van der Waals surface area contributed by atoms with Crippen molar-refractivity contribution < 1.29 is 0 Å². The maximum Gasteiger partial charge on any atom is 0.0346 e. The van der Waals surface area contributed by atoms with E-state index in [9.17, 15) is 0 Å². The molecule has 0 spiro atoms. The van der Waals surface area contributed by atoms with E-state index < -0.39 is 0 Å².